The van der Waals surface area contributed by atoms with Crippen LogP contribution in [0.1, 0.15) is 20.0 Å². The van der Waals surface area contributed by atoms with Crippen molar-refractivity contribution < 1.29 is 19.1 Å². The molecule has 1 saturated heterocycles. The molecule has 7 nitrogen and oxygen atoms in total. The molecule has 1 aliphatic rings. The molecule has 3 aromatic carbocycles. The molecule has 1 N–H and O–H groups in total. The van der Waals surface area contributed by atoms with Gasteiger partial charge in [0.15, 0.2) is 0 Å². The van der Waals surface area contributed by atoms with Gasteiger partial charge >= 0.3 is 0 Å². The van der Waals surface area contributed by atoms with Gasteiger partial charge in [-0.3, -0.25) is 9.59 Å². The minimum absolute atomic E-state index is 0.0536. The summed E-state index contributed by atoms with van der Waals surface area (Å²) >= 11 is 13.8. The highest BCUT2D eigenvalue weighted by atomic mass is 35.5. The third-order valence-electron chi connectivity index (χ3n) is 6.45. The molecule has 1 aromatic heterocycles. The third-order valence-corrected chi connectivity index (χ3v) is 8.34. The van der Waals surface area contributed by atoms with E-state index in [-0.39, 0.29) is 11.8 Å². The summed E-state index contributed by atoms with van der Waals surface area (Å²) in [7, 11) is 3.13. The Labute approximate surface area is 234 Å². The average molecular weight is 570 g/mol. The second-order valence-corrected chi connectivity index (χ2v) is 10.6. The van der Waals surface area contributed by atoms with Gasteiger partial charge in [0, 0.05) is 64.3 Å². The van der Waals surface area contributed by atoms with Crippen LogP contribution in [0, 0.1) is 0 Å². The predicted octanol–water partition coefficient (Wildman–Crippen LogP) is 6.44. The van der Waals surface area contributed by atoms with Gasteiger partial charge in [0.2, 0.25) is 0 Å². The number of nitrogens with one attached hydrogen (secondary N) is 1. The van der Waals surface area contributed by atoms with E-state index in [9.17, 15) is 9.59 Å². The number of fused-ring (bicyclic) bond motifs is 1. The fraction of sp³-hybridized carbons (Fsp3) is 0.214. The van der Waals surface area contributed by atoms with Crippen molar-refractivity contribution in [3.8, 4) is 11.5 Å². The lowest BCUT2D eigenvalue weighted by atomic mass is 10.1. The van der Waals surface area contributed by atoms with Crippen LogP contribution < -0.4 is 19.7 Å². The molecule has 2 heterocycles. The van der Waals surface area contributed by atoms with E-state index in [2.05, 4.69) is 10.2 Å². The van der Waals surface area contributed by atoms with Crippen molar-refractivity contribution in [3.05, 3.63) is 81.1 Å². The van der Waals surface area contributed by atoms with Crippen LogP contribution in [0.5, 0.6) is 11.5 Å². The largest absolute Gasteiger partial charge is 0.497 e. The summed E-state index contributed by atoms with van der Waals surface area (Å²) in [5, 5.41) is 4.76. The Bertz CT molecular complexity index is 1480. The summed E-state index contributed by atoms with van der Waals surface area (Å²) in [5.74, 6) is 0.846. The number of anilines is 2. The quantitative estimate of drug-likeness (QED) is 0.289. The molecule has 5 rings (SSSR count). The number of nitrogens with zero attached hydrogens (tertiary/aromatic N) is 2. The molecule has 0 spiro atoms. The van der Waals surface area contributed by atoms with Crippen LogP contribution in [0.25, 0.3) is 10.1 Å². The zero-order valence-electron chi connectivity index (χ0n) is 20.8. The van der Waals surface area contributed by atoms with Crippen molar-refractivity contribution in [3.63, 3.8) is 0 Å². The Morgan fingerprint density at radius 2 is 1.53 bits per heavy atom. The molecule has 0 unspecified atom stereocenters. The number of methoxy groups -OCH3 is 2. The molecule has 0 radical (unpaired) electrons. The van der Waals surface area contributed by atoms with Crippen LogP contribution in [0.3, 0.4) is 0 Å². The maximum absolute atomic E-state index is 13.1. The molecule has 0 atom stereocenters. The molecule has 1 fully saturated rings. The number of carbonyl (C=O) groups excluding carboxylic acids is 2. The molecule has 0 aliphatic carbocycles. The number of hydrogen-bond acceptors (Lipinski definition) is 6. The number of piperazine rings is 1. The van der Waals surface area contributed by atoms with Crippen molar-refractivity contribution in [1.82, 2.24) is 4.90 Å². The Morgan fingerprint density at radius 3 is 2.16 bits per heavy atom. The van der Waals surface area contributed by atoms with E-state index >= 15 is 0 Å². The van der Waals surface area contributed by atoms with Gasteiger partial charge in [-0.15, -0.1) is 11.3 Å². The summed E-state index contributed by atoms with van der Waals surface area (Å²) in [6.07, 6.45) is 0. The van der Waals surface area contributed by atoms with E-state index < -0.39 is 0 Å². The molecule has 0 bridgehead atoms. The third kappa shape index (κ3) is 5.38. The van der Waals surface area contributed by atoms with Crippen LogP contribution in [0.15, 0.2) is 60.7 Å². The van der Waals surface area contributed by atoms with E-state index in [0.29, 0.717) is 63.9 Å². The van der Waals surface area contributed by atoms with Gasteiger partial charge < -0.3 is 24.6 Å². The van der Waals surface area contributed by atoms with Crippen molar-refractivity contribution in [2.24, 2.45) is 0 Å². The zero-order valence-corrected chi connectivity index (χ0v) is 23.1. The molecule has 4 aromatic rings. The minimum atomic E-state index is -0.263. The Hall–Kier alpha value is -3.46. The van der Waals surface area contributed by atoms with Gasteiger partial charge in [0.25, 0.3) is 11.8 Å². The summed E-state index contributed by atoms with van der Waals surface area (Å²) in [6, 6.07) is 18.2. The number of amides is 2. The van der Waals surface area contributed by atoms with Crippen molar-refractivity contribution in [2.45, 2.75) is 0 Å². The first-order chi connectivity index (χ1) is 18.4. The number of halogens is 2. The summed E-state index contributed by atoms with van der Waals surface area (Å²) in [4.78, 5) is 30.5. The second-order valence-electron chi connectivity index (χ2n) is 8.77. The fourth-order valence-electron chi connectivity index (χ4n) is 4.41. The number of thiophene rings is 1. The highest BCUT2D eigenvalue weighted by Crippen LogP contribution is 2.37. The SMILES string of the molecule is COc1cc(OC)cc(C(=O)N2CCN(c3ccc(NC(=O)c4sc5cc(Cl)ccc5c4Cl)cc3)CC2)c1. The Kier molecular flexibility index (Phi) is 7.65. The van der Waals surface area contributed by atoms with E-state index in [1.54, 1.807) is 44.6 Å². The first kappa shape index (κ1) is 26.2. The summed E-state index contributed by atoms with van der Waals surface area (Å²) in [6.45, 7) is 2.56. The van der Waals surface area contributed by atoms with Crippen molar-refractivity contribution in [2.75, 3.05) is 50.6 Å². The minimum Gasteiger partial charge on any atom is -0.497 e. The number of carbonyl (C=O) groups is 2. The van der Waals surface area contributed by atoms with Crippen LogP contribution >= 0.6 is 34.5 Å². The van der Waals surface area contributed by atoms with E-state index in [0.717, 1.165) is 15.8 Å². The molecular weight excluding hydrogens is 545 g/mol. The lowest BCUT2D eigenvalue weighted by molar-refractivity contribution is 0.0746. The normalized spacial score (nSPS) is 13.5. The van der Waals surface area contributed by atoms with Gasteiger partial charge in [0.05, 0.1) is 19.2 Å². The standard InChI is InChI=1S/C28H25Cl2N3O4S/c1-36-21-13-17(14-22(16-21)37-2)28(35)33-11-9-32(10-12-33)20-6-4-19(5-7-20)31-27(34)26-25(30)23-8-3-18(29)15-24(23)38-26/h3-8,13-16H,9-12H2,1-2H3,(H,31,34). The van der Waals surface area contributed by atoms with E-state index in [1.165, 1.54) is 11.3 Å². The zero-order chi connectivity index (χ0) is 26.8. The number of rotatable bonds is 6. The maximum Gasteiger partial charge on any atom is 0.267 e. The lowest BCUT2D eigenvalue weighted by Gasteiger charge is -2.36. The van der Waals surface area contributed by atoms with Gasteiger partial charge in [0.1, 0.15) is 16.4 Å². The highest BCUT2D eigenvalue weighted by Gasteiger charge is 2.24. The molecular formula is C28H25Cl2N3O4S. The number of benzene rings is 3. The Balaban J connectivity index is 1.20. The Morgan fingerprint density at radius 1 is 0.868 bits per heavy atom. The molecule has 10 heteroatoms. The predicted molar refractivity (Wildman–Crippen MR) is 154 cm³/mol. The van der Waals surface area contributed by atoms with Crippen LogP contribution in [-0.4, -0.2) is 57.1 Å². The molecule has 2 amide bonds. The van der Waals surface area contributed by atoms with E-state index in [1.807, 2.05) is 35.2 Å². The molecule has 0 saturated carbocycles. The lowest BCUT2D eigenvalue weighted by Crippen LogP contribution is -2.48. The van der Waals surface area contributed by atoms with E-state index in [4.69, 9.17) is 32.7 Å². The molecule has 1 aliphatic heterocycles. The smallest absolute Gasteiger partial charge is 0.267 e. The van der Waals surface area contributed by atoms with Crippen LogP contribution in [0.4, 0.5) is 11.4 Å². The summed E-state index contributed by atoms with van der Waals surface area (Å²) < 4.78 is 11.5. The van der Waals surface area contributed by atoms with Gasteiger partial charge in [-0.05, 0) is 48.5 Å². The van der Waals surface area contributed by atoms with Gasteiger partial charge in [-0.25, -0.2) is 0 Å². The first-order valence-corrected chi connectivity index (χ1v) is 13.5. The van der Waals surface area contributed by atoms with Crippen molar-refractivity contribution >= 4 is 67.8 Å². The first-order valence-electron chi connectivity index (χ1n) is 11.9. The molecule has 38 heavy (non-hydrogen) atoms. The monoisotopic (exact) mass is 569 g/mol. The van der Waals surface area contributed by atoms with Gasteiger partial charge in [-0.2, -0.15) is 0 Å². The molecule has 196 valence electrons. The highest BCUT2D eigenvalue weighted by molar-refractivity contribution is 7.21. The van der Waals surface area contributed by atoms with Crippen LogP contribution in [0.2, 0.25) is 10.0 Å². The van der Waals surface area contributed by atoms with Gasteiger partial charge in [-0.1, -0.05) is 29.3 Å². The topological polar surface area (TPSA) is 71.1 Å². The van der Waals surface area contributed by atoms with Crippen molar-refractivity contribution in [1.29, 1.82) is 0 Å². The summed E-state index contributed by atoms with van der Waals surface area (Å²) in [5.41, 5.74) is 2.23. The van der Waals surface area contributed by atoms with Crippen LogP contribution in [-0.2, 0) is 0 Å². The maximum atomic E-state index is 13.1. The number of ether oxygens (including phenoxy) is 2. The second kappa shape index (κ2) is 11.1. The number of hydrogen-bond donors (Lipinski definition) is 1. The fourth-order valence-corrected chi connectivity index (χ4v) is 6.10. The average Bonchev–Trinajstić information content (AvgIpc) is 3.28.